The van der Waals surface area contributed by atoms with Crippen LogP contribution in [0.25, 0.3) is 0 Å². The maximum atomic E-state index is 12.3. The van der Waals surface area contributed by atoms with Crippen molar-refractivity contribution in [1.82, 2.24) is 10.6 Å². The van der Waals surface area contributed by atoms with Crippen LogP contribution in [0.3, 0.4) is 0 Å². The zero-order chi connectivity index (χ0) is 17.1. The number of amides is 3. The van der Waals surface area contributed by atoms with E-state index in [9.17, 15) is 14.4 Å². The van der Waals surface area contributed by atoms with E-state index in [1.165, 1.54) is 0 Å². The zero-order valence-corrected chi connectivity index (χ0v) is 13.6. The number of ether oxygens (including phenoxy) is 1. The molecular weight excluding hydrogens is 310 g/mol. The Bertz CT molecular complexity index is 651. The van der Waals surface area contributed by atoms with E-state index in [0.717, 1.165) is 0 Å². The molecule has 128 valence electrons. The highest BCUT2D eigenvalue weighted by atomic mass is 16.5. The molecule has 24 heavy (non-hydrogen) atoms. The van der Waals surface area contributed by atoms with Gasteiger partial charge in [0.05, 0.1) is 5.69 Å². The minimum Gasteiger partial charge on any atom is -0.479 e. The lowest BCUT2D eigenvalue weighted by Gasteiger charge is -2.33. The third-order valence-corrected chi connectivity index (χ3v) is 4.27. The summed E-state index contributed by atoms with van der Waals surface area (Å²) >= 11 is 0. The van der Waals surface area contributed by atoms with Gasteiger partial charge in [-0.3, -0.25) is 14.4 Å². The molecule has 2 aliphatic heterocycles. The number of piperidine rings is 1. The van der Waals surface area contributed by atoms with Gasteiger partial charge in [-0.15, -0.1) is 0 Å². The second-order valence-electron chi connectivity index (χ2n) is 6.07. The molecule has 1 aromatic rings. The standard InChI is InChI=1S/C17H21N3O4/c1-11-17(23)20(13-4-2-3-5-14(13)24-11)9-8-16(22)19-12-6-7-15(21)18-10-12/h2-5,11-12H,6-10H2,1H3,(H,18,21)(H,19,22)/t11-,12+/m1/s1. The van der Waals surface area contributed by atoms with Crippen LogP contribution in [0.4, 0.5) is 5.69 Å². The number of hydrogen-bond acceptors (Lipinski definition) is 4. The number of hydrogen-bond donors (Lipinski definition) is 2. The van der Waals surface area contributed by atoms with Gasteiger partial charge in [0.25, 0.3) is 5.91 Å². The van der Waals surface area contributed by atoms with E-state index in [0.29, 0.717) is 37.4 Å². The molecule has 1 aromatic carbocycles. The van der Waals surface area contributed by atoms with E-state index in [-0.39, 0.29) is 30.2 Å². The van der Waals surface area contributed by atoms with E-state index >= 15 is 0 Å². The van der Waals surface area contributed by atoms with Gasteiger partial charge < -0.3 is 20.3 Å². The molecule has 0 unspecified atom stereocenters. The van der Waals surface area contributed by atoms with Crippen LogP contribution in [-0.2, 0) is 14.4 Å². The van der Waals surface area contributed by atoms with Crippen LogP contribution in [0.5, 0.6) is 5.75 Å². The Balaban J connectivity index is 1.58. The molecule has 0 aliphatic carbocycles. The molecular formula is C17H21N3O4. The summed E-state index contributed by atoms with van der Waals surface area (Å²) in [5.74, 6) is 0.400. The van der Waals surface area contributed by atoms with Crippen LogP contribution in [-0.4, -0.2) is 43.0 Å². The fourth-order valence-electron chi connectivity index (χ4n) is 2.96. The normalized spacial score (nSPS) is 23.1. The lowest BCUT2D eigenvalue weighted by molar-refractivity contribution is -0.126. The molecule has 1 saturated heterocycles. The fraction of sp³-hybridized carbons (Fsp3) is 0.471. The molecule has 2 N–H and O–H groups in total. The molecule has 1 fully saturated rings. The topological polar surface area (TPSA) is 87.7 Å². The molecule has 0 spiro atoms. The van der Waals surface area contributed by atoms with Crippen molar-refractivity contribution in [3.63, 3.8) is 0 Å². The van der Waals surface area contributed by atoms with Gasteiger partial charge in [0.2, 0.25) is 11.8 Å². The quantitative estimate of drug-likeness (QED) is 0.845. The predicted molar refractivity (Wildman–Crippen MR) is 87.7 cm³/mol. The van der Waals surface area contributed by atoms with Crippen molar-refractivity contribution in [3.05, 3.63) is 24.3 Å². The van der Waals surface area contributed by atoms with Gasteiger partial charge in [-0.05, 0) is 25.5 Å². The van der Waals surface area contributed by atoms with E-state index in [1.807, 2.05) is 24.3 Å². The van der Waals surface area contributed by atoms with Gasteiger partial charge in [0.1, 0.15) is 5.75 Å². The Kier molecular flexibility index (Phi) is 4.69. The van der Waals surface area contributed by atoms with Crippen LogP contribution < -0.4 is 20.3 Å². The van der Waals surface area contributed by atoms with Gasteiger partial charge in [-0.25, -0.2) is 0 Å². The first kappa shape index (κ1) is 16.3. The predicted octanol–water partition coefficient (Wildman–Crippen LogP) is 0.585. The molecule has 0 radical (unpaired) electrons. The van der Waals surface area contributed by atoms with Crippen molar-refractivity contribution in [1.29, 1.82) is 0 Å². The van der Waals surface area contributed by atoms with Crippen LogP contribution in [0.15, 0.2) is 24.3 Å². The lowest BCUT2D eigenvalue weighted by Crippen LogP contribution is -2.49. The Morgan fingerprint density at radius 2 is 2.17 bits per heavy atom. The molecule has 2 heterocycles. The van der Waals surface area contributed by atoms with Crippen molar-refractivity contribution in [2.45, 2.75) is 38.3 Å². The van der Waals surface area contributed by atoms with E-state index in [2.05, 4.69) is 10.6 Å². The summed E-state index contributed by atoms with van der Waals surface area (Å²) in [5, 5.41) is 5.64. The second kappa shape index (κ2) is 6.90. The first-order valence-electron chi connectivity index (χ1n) is 8.17. The highest BCUT2D eigenvalue weighted by molar-refractivity contribution is 6.00. The van der Waals surface area contributed by atoms with Crippen molar-refractivity contribution in [3.8, 4) is 5.75 Å². The molecule has 7 heteroatoms. The average Bonchev–Trinajstić information content (AvgIpc) is 2.57. The maximum Gasteiger partial charge on any atom is 0.267 e. The summed E-state index contributed by atoms with van der Waals surface area (Å²) in [4.78, 5) is 37.2. The summed E-state index contributed by atoms with van der Waals surface area (Å²) in [6.07, 6.45) is 0.722. The molecule has 0 saturated carbocycles. The zero-order valence-electron chi connectivity index (χ0n) is 13.6. The second-order valence-corrected chi connectivity index (χ2v) is 6.07. The minimum absolute atomic E-state index is 0.0185. The van der Waals surface area contributed by atoms with E-state index in [4.69, 9.17) is 4.74 Å². The van der Waals surface area contributed by atoms with Gasteiger partial charge in [0, 0.05) is 32.0 Å². The highest BCUT2D eigenvalue weighted by Gasteiger charge is 2.31. The number of benzene rings is 1. The van der Waals surface area contributed by atoms with Crippen LogP contribution in [0.2, 0.25) is 0 Å². The number of nitrogens with one attached hydrogen (secondary N) is 2. The number of nitrogens with zero attached hydrogens (tertiary/aromatic N) is 1. The van der Waals surface area contributed by atoms with Crippen molar-refractivity contribution in [2.24, 2.45) is 0 Å². The monoisotopic (exact) mass is 331 g/mol. The van der Waals surface area contributed by atoms with E-state index in [1.54, 1.807) is 11.8 Å². The van der Waals surface area contributed by atoms with Crippen LogP contribution in [0, 0.1) is 0 Å². The lowest BCUT2D eigenvalue weighted by atomic mass is 10.1. The fourth-order valence-corrected chi connectivity index (χ4v) is 2.96. The van der Waals surface area contributed by atoms with Gasteiger partial charge in [-0.2, -0.15) is 0 Å². The molecule has 7 nitrogen and oxygen atoms in total. The molecule has 2 atom stereocenters. The van der Waals surface area contributed by atoms with Gasteiger partial charge in [-0.1, -0.05) is 12.1 Å². The number of carbonyl (C=O) groups excluding carboxylic acids is 3. The Morgan fingerprint density at radius 3 is 2.92 bits per heavy atom. The number of carbonyl (C=O) groups is 3. The molecule has 2 aliphatic rings. The maximum absolute atomic E-state index is 12.3. The highest BCUT2D eigenvalue weighted by Crippen LogP contribution is 2.33. The van der Waals surface area contributed by atoms with Gasteiger partial charge in [0.15, 0.2) is 6.10 Å². The number of para-hydroxylation sites is 2. The SMILES string of the molecule is C[C@H]1Oc2ccccc2N(CCC(=O)N[C@H]2CCC(=O)NC2)C1=O. The van der Waals surface area contributed by atoms with Gasteiger partial charge >= 0.3 is 0 Å². The average molecular weight is 331 g/mol. The number of fused-ring (bicyclic) bond motifs is 1. The smallest absolute Gasteiger partial charge is 0.267 e. The van der Waals surface area contributed by atoms with Crippen LogP contribution >= 0.6 is 0 Å². The Hall–Kier alpha value is -2.57. The van der Waals surface area contributed by atoms with Crippen molar-refractivity contribution >= 4 is 23.4 Å². The molecule has 0 bridgehead atoms. The minimum atomic E-state index is -0.559. The molecule has 3 rings (SSSR count). The van der Waals surface area contributed by atoms with E-state index < -0.39 is 6.10 Å². The summed E-state index contributed by atoms with van der Waals surface area (Å²) in [7, 11) is 0. The van der Waals surface area contributed by atoms with Crippen molar-refractivity contribution < 1.29 is 19.1 Å². The first-order valence-corrected chi connectivity index (χ1v) is 8.17. The summed E-state index contributed by atoms with van der Waals surface area (Å²) in [5.41, 5.74) is 0.693. The molecule has 3 amide bonds. The molecule has 0 aromatic heterocycles. The summed E-state index contributed by atoms with van der Waals surface area (Å²) in [6.45, 7) is 2.46. The first-order chi connectivity index (χ1) is 11.5. The van der Waals surface area contributed by atoms with Crippen molar-refractivity contribution in [2.75, 3.05) is 18.0 Å². The summed E-state index contributed by atoms with van der Waals surface area (Å²) in [6, 6.07) is 7.28. The number of anilines is 1. The largest absolute Gasteiger partial charge is 0.479 e. The third kappa shape index (κ3) is 3.50. The number of rotatable bonds is 4. The summed E-state index contributed by atoms with van der Waals surface area (Å²) < 4.78 is 5.58. The van der Waals surface area contributed by atoms with Crippen LogP contribution in [0.1, 0.15) is 26.2 Å². The third-order valence-electron chi connectivity index (χ3n) is 4.27. The Morgan fingerprint density at radius 1 is 1.38 bits per heavy atom. The Labute approximate surface area is 140 Å².